The van der Waals surface area contributed by atoms with Crippen molar-refractivity contribution >= 4 is 0 Å². The van der Waals surface area contributed by atoms with Crippen molar-refractivity contribution in [2.75, 3.05) is 0 Å². The summed E-state index contributed by atoms with van der Waals surface area (Å²) in [4.78, 5) is 11.7. The zero-order valence-electron chi connectivity index (χ0n) is 10.6. The minimum atomic E-state index is -0.587. The topological polar surface area (TPSA) is 43.1 Å². The Morgan fingerprint density at radius 2 is 2.12 bits per heavy atom. The first-order valence-electron chi connectivity index (χ1n) is 7.04. The molecular formula is C14H21NO2. The predicted octanol–water partition coefficient (Wildman–Crippen LogP) is 3.71. The normalized spacial score (nSPS) is 32.4. The molecule has 3 nitrogen and oxygen atoms in total. The fourth-order valence-electron chi connectivity index (χ4n) is 3.62. The molecule has 0 bridgehead atoms. The largest absolute Gasteiger partial charge is 0.264 e. The molecule has 3 aliphatic rings. The molecule has 3 aliphatic carbocycles. The zero-order chi connectivity index (χ0) is 12.1. The molecule has 2 fully saturated rings. The molecule has 3 heteroatoms. The molecule has 0 saturated heterocycles. The van der Waals surface area contributed by atoms with E-state index in [1.807, 2.05) is 0 Å². The maximum atomic E-state index is 11.7. The van der Waals surface area contributed by atoms with Gasteiger partial charge in [0.15, 0.2) is 0 Å². The Labute approximate surface area is 102 Å². The van der Waals surface area contributed by atoms with Gasteiger partial charge in [-0.2, -0.15) is 0 Å². The SMILES string of the molecule is CCCCCCC(C1CC1)([N+](=O)[O-])C12C=C1C2. The number of rotatable bonds is 8. The van der Waals surface area contributed by atoms with Gasteiger partial charge in [0.05, 0.1) is 5.41 Å². The monoisotopic (exact) mass is 235 g/mol. The molecule has 0 heterocycles. The molecule has 0 N–H and O–H groups in total. The van der Waals surface area contributed by atoms with Gasteiger partial charge in [0, 0.05) is 17.3 Å². The molecule has 94 valence electrons. The summed E-state index contributed by atoms with van der Waals surface area (Å²) in [6, 6.07) is 0. The lowest BCUT2D eigenvalue weighted by molar-refractivity contribution is -0.586. The smallest absolute Gasteiger partial charge is 0.237 e. The number of fused-ring (bicyclic) bond motifs is 1. The summed E-state index contributed by atoms with van der Waals surface area (Å²) < 4.78 is 0. The van der Waals surface area contributed by atoms with Gasteiger partial charge < -0.3 is 0 Å². The number of nitro groups is 1. The fourth-order valence-corrected chi connectivity index (χ4v) is 3.62. The molecule has 2 saturated carbocycles. The number of hydrogen-bond acceptors (Lipinski definition) is 2. The van der Waals surface area contributed by atoms with Crippen LogP contribution in [0.5, 0.6) is 0 Å². The van der Waals surface area contributed by atoms with Crippen LogP contribution in [0.2, 0.25) is 0 Å². The highest BCUT2D eigenvalue weighted by atomic mass is 16.6. The van der Waals surface area contributed by atoms with Crippen molar-refractivity contribution in [1.29, 1.82) is 0 Å². The Bertz CT molecular complexity index is 386. The fraction of sp³-hybridized carbons (Fsp3) is 0.857. The van der Waals surface area contributed by atoms with Crippen molar-refractivity contribution < 1.29 is 4.92 Å². The molecule has 2 atom stereocenters. The van der Waals surface area contributed by atoms with Crippen molar-refractivity contribution in [3.05, 3.63) is 21.8 Å². The third kappa shape index (κ3) is 1.47. The molecule has 2 unspecified atom stereocenters. The molecule has 0 aromatic carbocycles. The standard InChI is InChI=1S/C14H21NO2/c1-2-3-4-5-8-14(15(16)17,11-6-7-11)13-9-12(13)10-13/h9,11H,2-8,10H2,1H3. The van der Waals surface area contributed by atoms with Crippen molar-refractivity contribution in [1.82, 2.24) is 0 Å². The van der Waals surface area contributed by atoms with E-state index in [4.69, 9.17) is 0 Å². The maximum absolute atomic E-state index is 11.7. The molecule has 0 aromatic heterocycles. The molecule has 0 spiro atoms. The van der Waals surface area contributed by atoms with E-state index in [1.165, 1.54) is 18.4 Å². The van der Waals surface area contributed by atoms with Crippen LogP contribution < -0.4 is 0 Å². The summed E-state index contributed by atoms with van der Waals surface area (Å²) in [5.41, 5.74) is 0.775. The van der Waals surface area contributed by atoms with E-state index in [9.17, 15) is 10.1 Å². The van der Waals surface area contributed by atoms with Crippen LogP contribution in [0.25, 0.3) is 0 Å². The van der Waals surface area contributed by atoms with Gasteiger partial charge in [0.25, 0.3) is 0 Å². The lowest BCUT2D eigenvalue weighted by Crippen LogP contribution is -2.46. The summed E-state index contributed by atoms with van der Waals surface area (Å²) in [7, 11) is 0. The Kier molecular flexibility index (Phi) is 2.36. The van der Waals surface area contributed by atoms with Gasteiger partial charge in [-0.25, -0.2) is 0 Å². The lowest BCUT2D eigenvalue weighted by Gasteiger charge is -2.28. The van der Waals surface area contributed by atoms with E-state index in [0.717, 1.165) is 38.5 Å². The van der Waals surface area contributed by atoms with E-state index in [1.54, 1.807) is 0 Å². The van der Waals surface area contributed by atoms with E-state index < -0.39 is 5.54 Å². The van der Waals surface area contributed by atoms with E-state index in [-0.39, 0.29) is 10.3 Å². The molecule has 3 rings (SSSR count). The summed E-state index contributed by atoms with van der Waals surface area (Å²) in [5.74, 6) is 0.371. The molecule has 0 aromatic rings. The van der Waals surface area contributed by atoms with Crippen molar-refractivity contribution in [2.24, 2.45) is 11.3 Å². The second-order valence-corrected chi connectivity index (χ2v) is 6.08. The van der Waals surface area contributed by atoms with Crippen LogP contribution in [0.15, 0.2) is 11.6 Å². The van der Waals surface area contributed by atoms with Crippen LogP contribution in [-0.2, 0) is 0 Å². The molecule has 0 radical (unpaired) electrons. The van der Waals surface area contributed by atoms with E-state index >= 15 is 0 Å². The van der Waals surface area contributed by atoms with E-state index in [0.29, 0.717) is 5.92 Å². The van der Waals surface area contributed by atoms with Gasteiger partial charge in [0.2, 0.25) is 5.54 Å². The first-order chi connectivity index (χ1) is 8.17. The van der Waals surface area contributed by atoms with Gasteiger partial charge in [-0.3, -0.25) is 10.1 Å². The van der Waals surface area contributed by atoms with E-state index in [2.05, 4.69) is 13.0 Å². The average molecular weight is 235 g/mol. The van der Waals surface area contributed by atoms with Crippen molar-refractivity contribution in [3.8, 4) is 0 Å². The first kappa shape index (κ1) is 11.2. The Balaban J connectivity index is 1.69. The quantitative estimate of drug-likeness (QED) is 0.278. The number of hydrogen-bond donors (Lipinski definition) is 0. The second-order valence-electron chi connectivity index (χ2n) is 6.08. The third-order valence-electron chi connectivity index (χ3n) is 5.02. The highest BCUT2D eigenvalue weighted by Crippen LogP contribution is 2.78. The molecular weight excluding hydrogens is 214 g/mol. The van der Waals surface area contributed by atoms with Crippen LogP contribution in [0, 0.1) is 21.4 Å². The summed E-state index contributed by atoms with van der Waals surface area (Å²) in [6.07, 6.45) is 10.8. The molecule has 0 aliphatic heterocycles. The molecule has 0 amide bonds. The highest BCUT2D eigenvalue weighted by molar-refractivity contribution is 5.60. The Morgan fingerprint density at radius 1 is 1.47 bits per heavy atom. The number of unbranched alkanes of at least 4 members (excludes halogenated alkanes) is 3. The van der Waals surface area contributed by atoms with Gasteiger partial charge in [-0.05, 0) is 25.7 Å². The summed E-state index contributed by atoms with van der Waals surface area (Å²) in [5, 5.41) is 11.7. The molecule has 17 heavy (non-hydrogen) atoms. The average Bonchev–Trinajstić information content (AvgIpc) is 3.07. The Morgan fingerprint density at radius 3 is 2.53 bits per heavy atom. The van der Waals surface area contributed by atoms with Gasteiger partial charge in [-0.1, -0.05) is 37.8 Å². The highest BCUT2D eigenvalue weighted by Gasteiger charge is 2.80. The van der Waals surface area contributed by atoms with Gasteiger partial charge in [-0.15, -0.1) is 0 Å². The van der Waals surface area contributed by atoms with Gasteiger partial charge >= 0.3 is 0 Å². The van der Waals surface area contributed by atoms with Crippen molar-refractivity contribution in [3.63, 3.8) is 0 Å². The number of nitrogens with zero attached hydrogens (tertiary/aromatic N) is 1. The second kappa shape index (κ2) is 3.56. The summed E-state index contributed by atoms with van der Waals surface area (Å²) in [6.45, 7) is 2.18. The minimum absolute atomic E-state index is 0.0239. The van der Waals surface area contributed by atoms with Crippen LogP contribution in [0.3, 0.4) is 0 Å². The van der Waals surface area contributed by atoms with Crippen LogP contribution >= 0.6 is 0 Å². The predicted molar refractivity (Wildman–Crippen MR) is 66.3 cm³/mol. The maximum Gasteiger partial charge on any atom is 0.237 e. The van der Waals surface area contributed by atoms with Gasteiger partial charge in [0.1, 0.15) is 0 Å². The first-order valence-corrected chi connectivity index (χ1v) is 7.04. The van der Waals surface area contributed by atoms with Crippen LogP contribution in [0.4, 0.5) is 0 Å². The zero-order valence-corrected chi connectivity index (χ0v) is 10.6. The van der Waals surface area contributed by atoms with Crippen LogP contribution in [-0.4, -0.2) is 10.5 Å². The summed E-state index contributed by atoms with van der Waals surface area (Å²) >= 11 is 0. The third-order valence-corrected chi connectivity index (χ3v) is 5.02. The Hall–Kier alpha value is -0.860. The lowest BCUT2D eigenvalue weighted by atomic mass is 9.77. The van der Waals surface area contributed by atoms with Crippen LogP contribution in [0.1, 0.15) is 58.3 Å². The minimum Gasteiger partial charge on any atom is -0.264 e. The van der Waals surface area contributed by atoms with Crippen molar-refractivity contribution in [2.45, 2.75) is 63.8 Å².